The Morgan fingerprint density at radius 3 is 2.46 bits per heavy atom. The SMILES string of the molecule is CCN(C[C@H](C)C(=O)OC)C(=O)/C=C\c1ccc(OC)cc1OC. The number of rotatable bonds is 8. The zero-order valence-corrected chi connectivity index (χ0v) is 14.9. The molecule has 1 atom stereocenters. The van der Waals surface area contributed by atoms with Crippen LogP contribution in [0.3, 0.4) is 0 Å². The van der Waals surface area contributed by atoms with Crippen molar-refractivity contribution in [2.75, 3.05) is 34.4 Å². The van der Waals surface area contributed by atoms with Gasteiger partial charge in [-0.2, -0.15) is 0 Å². The van der Waals surface area contributed by atoms with Gasteiger partial charge < -0.3 is 19.1 Å². The highest BCUT2D eigenvalue weighted by Crippen LogP contribution is 2.25. The third kappa shape index (κ3) is 5.30. The number of hydrogen-bond acceptors (Lipinski definition) is 5. The van der Waals surface area contributed by atoms with Gasteiger partial charge in [0.05, 0.1) is 27.2 Å². The summed E-state index contributed by atoms with van der Waals surface area (Å²) in [7, 11) is 4.48. The Balaban J connectivity index is 2.84. The molecule has 0 unspecified atom stereocenters. The topological polar surface area (TPSA) is 65.1 Å². The molecule has 1 rings (SSSR count). The van der Waals surface area contributed by atoms with Gasteiger partial charge in [-0.1, -0.05) is 6.92 Å². The molecule has 1 amide bonds. The average Bonchev–Trinajstić information content (AvgIpc) is 2.62. The molecule has 0 aromatic heterocycles. The summed E-state index contributed by atoms with van der Waals surface area (Å²) < 4.78 is 15.1. The van der Waals surface area contributed by atoms with Crippen LogP contribution in [0.5, 0.6) is 11.5 Å². The second-order valence-electron chi connectivity index (χ2n) is 5.24. The van der Waals surface area contributed by atoms with E-state index in [4.69, 9.17) is 14.2 Å². The van der Waals surface area contributed by atoms with E-state index in [1.165, 1.54) is 13.2 Å². The Labute approximate surface area is 143 Å². The van der Waals surface area contributed by atoms with Crippen molar-refractivity contribution in [1.29, 1.82) is 0 Å². The van der Waals surface area contributed by atoms with Gasteiger partial charge in [-0.25, -0.2) is 0 Å². The number of carbonyl (C=O) groups excluding carboxylic acids is 2. The molecule has 0 saturated heterocycles. The van der Waals surface area contributed by atoms with E-state index in [2.05, 4.69) is 0 Å². The number of amides is 1. The second-order valence-corrected chi connectivity index (χ2v) is 5.24. The number of nitrogens with zero attached hydrogens (tertiary/aromatic N) is 1. The van der Waals surface area contributed by atoms with Gasteiger partial charge in [0.2, 0.25) is 5.91 Å². The van der Waals surface area contributed by atoms with Crippen LogP contribution in [0.1, 0.15) is 19.4 Å². The van der Waals surface area contributed by atoms with E-state index in [0.29, 0.717) is 24.6 Å². The normalized spacial score (nSPS) is 11.9. The van der Waals surface area contributed by atoms with Gasteiger partial charge in [-0.15, -0.1) is 0 Å². The Hall–Kier alpha value is -2.50. The lowest BCUT2D eigenvalue weighted by Crippen LogP contribution is -2.36. The molecule has 0 N–H and O–H groups in total. The van der Waals surface area contributed by atoms with Gasteiger partial charge >= 0.3 is 5.97 Å². The number of carbonyl (C=O) groups is 2. The predicted octanol–water partition coefficient (Wildman–Crippen LogP) is 2.37. The Morgan fingerprint density at radius 2 is 1.92 bits per heavy atom. The van der Waals surface area contributed by atoms with Crippen molar-refractivity contribution < 1.29 is 23.8 Å². The van der Waals surface area contributed by atoms with E-state index in [1.807, 2.05) is 13.0 Å². The number of benzene rings is 1. The van der Waals surface area contributed by atoms with Crippen LogP contribution in [0, 0.1) is 5.92 Å². The minimum Gasteiger partial charge on any atom is -0.497 e. The van der Waals surface area contributed by atoms with E-state index >= 15 is 0 Å². The highest BCUT2D eigenvalue weighted by molar-refractivity contribution is 5.92. The fourth-order valence-electron chi connectivity index (χ4n) is 2.20. The number of hydrogen-bond donors (Lipinski definition) is 0. The summed E-state index contributed by atoms with van der Waals surface area (Å²) in [6.07, 6.45) is 3.16. The minimum absolute atomic E-state index is 0.175. The smallest absolute Gasteiger partial charge is 0.310 e. The van der Waals surface area contributed by atoms with Crippen LogP contribution in [-0.4, -0.2) is 51.2 Å². The number of likely N-dealkylation sites (N-methyl/N-ethyl adjacent to an activating group) is 1. The summed E-state index contributed by atoms with van der Waals surface area (Å²) in [4.78, 5) is 25.4. The van der Waals surface area contributed by atoms with E-state index in [9.17, 15) is 9.59 Å². The molecule has 0 bridgehead atoms. The van der Waals surface area contributed by atoms with Crippen LogP contribution in [-0.2, 0) is 14.3 Å². The quantitative estimate of drug-likeness (QED) is 0.539. The highest BCUT2D eigenvalue weighted by Gasteiger charge is 2.19. The molecule has 6 nitrogen and oxygen atoms in total. The zero-order chi connectivity index (χ0) is 18.1. The van der Waals surface area contributed by atoms with Gasteiger partial charge in [0.1, 0.15) is 11.5 Å². The van der Waals surface area contributed by atoms with Crippen LogP contribution < -0.4 is 9.47 Å². The Morgan fingerprint density at radius 1 is 1.21 bits per heavy atom. The standard InChI is InChI=1S/C18H25NO5/c1-6-19(12-13(2)18(21)24-5)17(20)10-8-14-7-9-15(22-3)11-16(14)23-4/h7-11,13H,6,12H2,1-5H3/b10-8-/t13-/m0/s1. The van der Waals surface area contributed by atoms with Crippen molar-refractivity contribution >= 4 is 18.0 Å². The third-order valence-electron chi connectivity index (χ3n) is 3.64. The van der Waals surface area contributed by atoms with Crippen LogP contribution in [0.15, 0.2) is 24.3 Å². The summed E-state index contributed by atoms with van der Waals surface area (Å²) in [5.41, 5.74) is 0.767. The average molecular weight is 335 g/mol. The van der Waals surface area contributed by atoms with Crippen molar-refractivity contribution in [3.05, 3.63) is 29.8 Å². The van der Waals surface area contributed by atoms with Crippen LogP contribution >= 0.6 is 0 Å². The van der Waals surface area contributed by atoms with E-state index < -0.39 is 0 Å². The largest absolute Gasteiger partial charge is 0.497 e. The molecule has 0 aliphatic carbocycles. The van der Waals surface area contributed by atoms with Gasteiger partial charge in [0.15, 0.2) is 0 Å². The van der Waals surface area contributed by atoms with Crippen LogP contribution in [0.2, 0.25) is 0 Å². The Bertz CT molecular complexity index is 597. The van der Waals surface area contributed by atoms with E-state index in [0.717, 1.165) is 5.56 Å². The molecule has 0 aliphatic heterocycles. The van der Waals surface area contributed by atoms with Crippen LogP contribution in [0.25, 0.3) is 6.08 Å². The van der Waals surface area contributed by atoms with E-state index in [1.54, 1.807) is 44.3 Å². The first-order valence-electron chi connectivity index (χ1n) is 7.73. The van der Waals surface area contributed by atoms with Gasteiger partial charge in [0.25, 0.3) is 0 Å². The van der Waals surface area contributed by atoms with Gasteiger partial charge in [-0.05, 0) is 25.1 Å². The maximum absolute atomic E-state index is 12.3. The first kappa shape index (κ1) is 19.5. The molecule has 0 fully saturated rings. The van der Waals surface area contributed by atoms with Crippen LogP contribution in [0.4, 0.5) is 0 Å². The molecule has 6 heteroatoms. The first-order valence-corrected chi connectivity index (χ1v) is 7.73. The fourth-order valence-corrected chi connectivity index (χ4v) is 2.20. The second kappa shape index (κ2) is 9.60. The number of esters is 1. The third-order valence-corrected chi connectivity index (χ3v) is 3.64. The maximum atomic E-state index is 12.3. The van der Waals surface area contributed by atoms with Crippen molar-refractivity contribution in [2.24, 2.45) is 5.92 Å². The molecular weight excluding hydrogens is 310 g/mol. The van der Waals surface area contributed by atoms with Crippen molar-refractivity contribution in [2.45, 2.75) is 13.8 Å². The molecule has 0 spiro atoms. The van der Waals surface area contributed by atoms with Gasteiger partial charge in [0, 0.05) is 30.8 Å². The van der Waals surface area contributed by atoms with Crippen molar-refractivity contribution in [3.63, 3.8) is 0 Å². The molecular formula is C18H25NO5. The lowest BCUT2D eigenvalue weighted by molar-refractivity contribution is -0.146. The predicted molar refractivity (Wildman–Crippen MR) is 92.0 cm³/mol. The molecule has 0 radical (unpaired) electrons. The number of methoxy groups -OCH3 is 3. The summed E-state index contributed by atoms with van der Waals surface area (Å²) >= 11 is 0. The van der Waals surface area contributed by atoms with E-state index in [-0.39, 0.29) is 17.8 Å². The molecule has 0 heterocycles. The first-order chi connectivity index (χ1) is 11.5. The summed E-state index contributed by atoms with van der Waals surface area (Å²) in [6, 6.07) is 5.36. The molecule has 1 aromatic rings. The molecule has 0 saturated carbocycles. The molecule has 1 aromatic carbocycles. The fraction of sp³-hybridized carbons (Fsp3) is 0.444. The monoisotopic (exact) mass is 335 g/mol. The maximum Gasteiger partial charge on any atom is 0.310 e. The Kier molecular flexibility index (Phi) is 7.82. The molecule has 24 heavy (non-hydrogen) atoms. The minimum atomic E-state index is -0.372. The summed E-state index contributed by atoms with van der Waals surface area (Å²) in [5.74, 6) is 0.415. The van der Waals surface area contributed by atoms with Crippen molar-refractivity contribution in [1.82, 2.24) is 4.90 Å². The molecule has 0 aliphatic rings. The lowest BCUT2D eigenvalue weighted by atomic mass is 10.1. The van der Waals surface area contributed by atoms with Crippen molar-refractivity contribution in [3.8, 4) is 11.5 Å². The lowest BCUT2D eigenvalue weighted by Gasteiger charge is -2.22. The van der Waals surface area contributed by atoms with Gasteiger partial charge in [-0.3, -0.25) is 9.59 Å². The zero-order valence-electron chi connectivity index (χ0n) is 14.9. The highest BCUT2D eigenvalue weighted by atomic mass is 16.5. The summed E-state index contributed by atoms with van der Waals surface area (Å²) in [5, 5.41) is 0. The molecule has 132 valence electrons. The summed E-state index contributed by atoms with van der Waals surface area (Å²) in [6.45, 7) is 4.41. The number of ether oxygens (including phenoxy) is 3.